The average Bonchev–Trinajstić information content (AvgIpc) is 3.78. The van der Waals surface area contributed by atoms with Gasteiger partial charge in [-0.15, -0.1) is 0 Å². The molecule has 5 heterocycles. The van der Waals surface area contributed by atoms with Crippen molar-refractivity contribution < 1.29 is 19.2 Å². The number of aryl methyl sites for hydroxylation is 1. The lowest BCUT2D eigenvalue weighted by Crippen LogP contribution is -2.56. The Bertz CT molecular complexity index is 1760. The standard InChI is InChI=1S/C37H49N9O4/c1-24-18-26(19-28-21-39-42-32(24)28)20-31(34(48)45-17-12-37(23-45)10-15-43(16-11-37)33(47)25(2)38-3)41-35(49)44-13-8-29(9-14-44)46-22-27-6-4-5-7-30(27)40-36(46)50/h4-7,18-19,21,25,29,31,38H,8-17,20,22-23H2,1-3H3,(H,39,42)(H,40,50)(H,41,49). The van der Waals surface area contributed by atoms with Gasteiger partial charge in [0.25, 0.3) is 0 Å². The van der Waals surface area contributed by atoms with Crippen LogP contribution in [0.25, 0.3) is 10.9 Å². The number of nitrogens with one attached hydrogen (secondary N) is 4. The van der Waals surface area contributed by atoms with E-state index in [-0.39, 0.29) is 41.4 Å². The second-order valence-electron chi connectivity index (χ2n) is 14.7. The first-order valence-corrected chi connectivity index (χ1v) is 18.0. The number of para-hydroxylation sites is 1. The van der Waals surface area contributed by atoms with Crippen molar-refractivity contribution in [3.05, 3.63) is 59.3 Å². The number of hydrogen-bond donors (Lipinski definition) is 4. The number of piperidine rings is 2. The zero-order chi connectivity index (χ0) is 35.0. The Morgan fingerprint density at radius 1 is 0.980 bits per heavy atom. The van der Waals surface area contributed by atoms with Crippen LogP contribution in [-0.4, -0.2) is 118 Å². The van der Waals surface area contributed by atoms with E-state index in [1.54, 1.807) is 18.1 Å². The minimum absolute atomic E-state index is 0.0146. The summed E-state index contributed by atoms with van der Waals surface area (Å²) in [5.41, 5.74) is 4.89. The molecule has 3 saturated heterocycles. The predicted molar refractivity (Wildman–Crippen MR) is 190 cm³/mol. The second kappa shape index (κ2) is 13.9. The molecule has 2 atom stereocenters. The Kier molecular flexibility index (Phi) is 9.42. The molecule has 6 amide bonds. The highest BCUT2D eigenvalue weighted by Gasteiger charge is 2.44. The monoisotopic (exact) mass is 683 g/mol. The predicted octanol–water partition coefficient (Wildman–Crippen LogP) is 3.45. The number of nitrogens with zero attached hydrogens (tertiary/aromatic N) is 5. The molecule has 1 spiro atoms. The van der Waals surface area contributed by atoms with Crippen LogP contribution in [0.15, 0.2) is 42.6 Å². The smallest absolute Gasteiger partial charge is 0.322 e. The Hall–Kier alpha value is -4.65. The normalized spacial score (nSPS) is 20.5. The number of aromatic amines is 1. The SMILES string of the molecule is CNC(C)C(=O)N1CCC2(CC1)CCN(C(=O)C(Cc1cc(C)c3[nH]ncc3c1)NC(=O)N1CCC(N3Cc4ccccc4NC3=O)CC1)C2. The molecule has 2 aromatic carbocycles. The molecule has 1 aromatic heterocycles. The number of H-pyrrole nitrogens is 1. The molecule has 4 N–H and O–H groups in total. The summed E-state index contributed by atoms with van der Waals surface area (Å²) in [6.07, 6.45) is 6.10. The lowest BCUT2D eigenvalue weighted by atomic mass is 9.77. The largest absolute Gasteiger partial charge is 0.341 e. The summed E-state index contributed by atoms with van der Waals surface area (Å²) in [5.74, 6) is 0.0514. The van der Waals surface area contributed by atoms with E-state index >= 15 is 0 Å². The van der Waals surface area contributed by atoms with Gasteiger partial charge in [0.2, 0.25) is 11.8 Å². The molecule has 50 heavy (non-hydrogen) atoms. The topological polar surface area (TPSA) is 146 Å². The molecular formula is C37H49N9O4. The van der Waals surface area contributed by atoms with E-state index in [9.17, 15) is 19.2 Å². The molecule has 7 rings (SSSR count). The minimum atomic E-state index is -0.735. The van der Waals surface area contributed by atoms with Crippen LogP contribution in [0.2, 0.25) is 0 Å². The molecule has 266 valence electrons. The lowest BCUT2D eigenvalue weighted by molar-refractivity contribution is -0.136. The maximum Gasteiger partial charge on any atom is 0.322 e. The van der Waals surface area contributed by atoms with Gasteiger partial charge in [-0.05, 0) is 87.2 Å². The van der Waals surface area contributed by atoms with Gasteiger partial charge in [-0.2, -0.15) is 5.10 Å². The van der Waals surface area contributed by atoms with Gasteiger partial charge in [-0.3, -0.25) is 14.7 Å². The van der Waals surface area contributed by atoms with Crippen LogP contribution in [0.3, 0.4) is 0 Å². The number of likely N-dealkylation sites (tertiary alicyclic amines) is 3. The molecule has 0 radical (unpaired) electrons. The van der Waals surface area contributed by atoms with E-state index in [0.717, 1.165) is 52.5 Å². The van der Waals surface area contributed by atoms with Crippen molar-refractivity contribution in [2.75, 3.05) is 51.6 Å². The van der Waals surface area contributed by atoms with E-state index in [1.807, 2.05) is 58.9 Å². The van der Waals surface area contributed by atoms with Crippen molar-refractivity contribution in [3.63, 3.8) is 0 Å². The van der Waals surface area contributed by atoms with Gasteiger partial charge in [0.1, 0.15) is 6.04 Å². The van der Waals surface area contributed by atoms with Crippen LogP contribution in [0, 0.1) is 12.3 Å². The number of anilines is 1. The van der Waals surface area contributed by atoms with Gasteiger partial charge in [-0.25, -0.2) is 9.59 Å². The first-order valence-electron chi connectivity index (χ1n) is 18.0. The molecular weight excluding hydrogens is 634 g/mol. The fraction of sp³-hybridized carbons (Fsp3) is 0.541. The third kappa shape index (κ3) is 6.75. The second-order valence-corrected chi connectivity index (χ2v) is 14.7. The summed E-state index contributed by atoms with van der Waals surface area (Å²) in [4.78, 5) is 61.4. The van der Waals surface area contributed by atoms with Gasteiger partial charge in [0.15, 0.2) is 0 Å². The van der Waals surface area contributed by atoms with Crippen molar-refractivity contribution in [1.82, 2.24) is 40.4 Å². The highest BCUT2D eigenvalue weighted by atomic mass is 16.2. The van der Waals surface area contributed by atoms with Gasteiger partial charge >= 0.3 is 12.1 Å². The molecule has 3 aromatic rings. The van der Waals surface area contributed by atoms with Crippen molar-refractivity contribution in [2.45, 2.75) is 77.0 Å². The van der Waals surface area contributed by atoms with E-state index in [0.29, 0.717) is 65.1 Å². The van der Waals surface area contributed by atoms with Crippen molar-refractivity contribution >= 4 is 40.5 Å². The van der Waals surface area contributed by atoms with Gasteiger partial charge in [-0.1, -0.05) is 24.3 Å². The number of urea groups is 2. The Balaban J connectivity index is 1.02. The Labute approximate surface area is 293 Å². The third-order valence-electron chi connectivity index (χ3n) is 11.6. The van der Waals surface area contributed by atoms with Crippen LogP contribution < -0.4 is 16.0 Å². The third-order valence-corrected chi connectivity index (χ3v) is 11.6. The van der Waals surface area contributed by atoms with Crippen molar-refractivity contribution in [1.29, 1.82) is 0 Å². The van der Waals surface area contributed by atoms with E-state index < -0.39 is 6.04 Å². The molecule has 0 bridgehead atoms. The average molecular weight is 684 g/mol. The number of benzene rings is 2. The number of amides is 6. The summed E-state index contributed by atoms with van der Waals surface area (Å²) in [7, 11) is 1.80. The maximum atomic E-state index is 14.3. The van der Waals surface area contributed by atoms with Crippen LogP contribution >= 0.6 is 0 Å². The van der Waals surface area contributed by atoms with Crippen LogP contribution in [-0.2, 0) is 22.6 Å². The first kappa shape index (κ1) is 33.8. The molecule has 0 saturated carbocycles. The number of carbonyl (C=O) groups excluding carboxylic acids is 4. The number of aromatic nitrogens is 2. The molecule has 13 nitrogen and oxygen atoms in total. The van der Waals surface area contributed by atoms with E-state index in [4.69, 9.17) is 0 Å². The number of likely N-dealkylation sites (N-methyl/N-ethyl adjacent to an activating group) is 1. The highest BCUT2D eigenvalue weighted by Crippen LogP contribution is 2.41. The van der Waals surface area contributed by atoms with Gasteiger partial charge < -0.3 is 35.6 Å². The molecule has 4 aliphatic rings. The number of carbonyl (C=O) groups is 4. The summed E-state index contributed by atoms with van der Waals surface area (Å²) < 4.78 is 0. The molecule has 2 unspecified atom stereocenters. The summed E-state index contributed by atoms with van der Waals surface area (Å²) in [6, 6.07) is 10.7. The zero-order valence-electron chi connectivity index (χ0n) is 29.3. The Morgan fingerprint density at radius 3 is 2.44 bits per heavy atom. The summed E-state index contributed by atoms with van der Waals surface area (Å²) in [6.45, 7) is 8.11. The van der Waals surface area contributed by atoms with Crippen LogP contribution in [0.5, 0.6) is 0 Å². The van der Waals surface area contributed by atoms with Gasteiger partial charge in [0.05, 0.1) is 17.8 Å². The number of hydrogen-bond acceptors (Lipinski definition) is 6. The van der Waals surface area contributed by atoms with Gasteiger partial charge in [0, 0.05) is 69.3 Å². The summed E-state index contributed by atoms with van der Waals surface area (Å²) in [5, 5.41) is 17.4. The van der Waals surface area contributed by atoms with Crippen LogP contribution in [0.1, 0.15) is 55.7 Å². The maximum absolute atomic E-state index is 14.3. The van der Waals surface area contributed by atoms with Crippen LogP contribution in [0.4, 0.5) is 15.3 Å². The lowest BCUT2D eigenvalue weighted by Gasteiger charge is -2.41. The van der Waals surface area contributed by atoms with Crippen molar-refractivity contribution in [3.8, 4) is 0 Å². The molecule has 4 aliphatic heterocycles. The fourth-order valence-electron chi connectivity index (χ4n) is 8.35. The number of rotatable bonds is 7. The fourth-order valence-corrected chi connectivity index (χ4v) is 8.35. The van der Waals surface area contributed by atoms with E-state index in [2.05, 4.69) is 32.2 Å². The summed E-state index contributed by atoms with van der Waals surface area (Å²) >= 11 is 0. The molecule has 0 aliphatic carbocycles. The van der Waals surface area contributed by atoms with Crippen molar-refractivity contribution in [2.24, 2.45) is 5.41 Å². The zero-order valence-corrected chi connectivity index (χ0v) is 29.3. The quantitative estimate of drug-likeness (QED) is 0.300. The minimum Gasteiger partial charge on any atom is -0.341 e. The van der Waals surface area contributed by atoms with E-state index in [1.165, 1.54) is 0 Å². The molecule has 3 fully saturated rings. The number of fused-ring (bicyclic) bond motifs is 2. The molecule has 13 heteroatoms. The Morgan fingerprint density at radius 2 is 1.70 bits per heavy atom. The highest BCUT2D eigenvalue weighted by molar-refractivity contribution is 5.92. The first-order chi connectivity index (χ1) is 24.1.